The first-order chi connectivity index (χ1) is 15.8. The third kappa shape index (κ3) is 4.61. The number of hydrogen-bond acceptors (Lipinski definition) is 8. The molecule has 0 spiro atoms. The minimum atomic E-state index is -0.589. The number of rotatable bonds is 5. The molecule has 33 heavy (non-hydrogen) atoms. The van der Waals surface area contributed by atoms with Crippen molar-refractivity contribution in [2.45, 2.75) is 38.6 Å². The van der Waals surface area contributed by atoms with E-state index in [0.717, 1.165) is 38.0 Å². The molecule has 10 heteroatoms. The van der Waals surface area contributed by atoms with Gasteiger partial charge in [-0.2, -0.15) is 0 Å². The third-order valence-electron chi connectivity index (χ3n) is 6.16. The van der Waals surface area contributed by atoms with E-state index >= 15 is 0 Å². The maximum Gasteiger partial charge on any atom is 0.279 e. The third-order valence-corrected chi connectivity index (χ3v) is 6.16. The number of carbonyl (C=O) groups excluding carboxylic acids is 1. The lowest BCUT2D eigenvalue weighted by molar-refractivity contribution is 0.102. The molecule has 1 amide bonds. The number of nitrogens with zero attached hydrogens (tertiary/aromatic N) is 5. The standard InChI is InChI=1S/C23H27FN8O/c1-3-23(26)7-11-32(12-8-23)16-5-4-9-28-21(16)31-22(33)19-20(25)29-13-15(30-19)18-17(24)14(2)6-10-27-18/h4-6,9-10,13H,3,7-8,11-12,26H2,1-2H3,(H2,25,29)(H,28,31,33). The topological polar surface area (TPSA) is 136 Å². The maximum atomic E-state index is 14.5. The van der Waals surface area contributed by atoms with Crippen molar-refractivity contribution in [1.82, 2.24) is 19.9 Å². The van der Waals surface area contributed by atoms with Gasteiger partial charge in [0.05, 0.1) is 11.9 Å². The van der Waals surface area contributed by atoms with E-state index in [2.05, 4.69) is 37.1 Å². The number of amides is 1. The highest BCUT2D eigenvalue weighted by atomic mass is 19.1. The van der Waals surface area contributed by atoms with Crippen LogP contribution in [-0.2, 0) is 0 Å². The highest BCUT2D eigenvalue weighted by molar-refractivity contribution is 6.06. The first-order valence-electron chi connectivity index (χ1n) is 10.9. The number of nitrogen functional groups attached to an aromatic ring is 1. The quantitative estimate of drug-likeness (QED) is 0.540. The zero-order chi connectivity index (χ0) is 23.6. The number of hydrogen-bond donors (Lipinski definition) is 3. The number of piperidine rings is 1. The highest BCUT2D eigenvalue weighted by Gasteiger charge is 2.30. The molecule has 3 aromatic rings. The van der Waals surface area contributed by atoms with Crippen molar-refractivity contribution >= 4 is 23.2 Å². The Kier molecular flexibility index (Phi) is 6.19. The van der Waals surface area contributed by atoms with Gasteiger partial charge in [0.2, 0.25) is 0 Å². The van der Waals surface area contributed by atoms with E-state index in [1.165, 1.54) is 12.4 Å². The van der Waals surface area contributed by atoms with E-state index in [4.69, 9.17) is 11.5 Å². The summed E-state index contributed by atoms with van der Waals surface area (Å²) >= 11 is 0. The lowest BCUT2D eigenvalue weighted by atomic mass is 9.86. The van der Waals surface area contributed by atoms with Crippen molar-refractivity contribution in [3.05, 3.63) is 53.9 Å². The van der Waals surface area contributed by atoms with Crippen LogP contribution in [0.1, 0.15) is 42.2 Å². The van der Waals surface area contributed by atoms with Crippen molar-refractivity contribution in [3.63, 3.8) is 0 Å². The molecule has 1 aliphatic rings. The minimum absolute atomic E-state index is 0.00424. The molecular formula is C23H27FN8O. The average Bonchev–Trinajstić information content (AvgIpc) is 2.82. The number of nitrogens with one attached hydrogen (secondary N) is 1. The second-order valence-corrected chi connectivity index (χ2v) is 8.31. The van der Waals surface area contributed by atoms with Crippen molar-refractivity contribution in [3.8, 4) is 11.4 Å². The molecule has 1 saturated heterocycles. The van der Waals surface area contributed by atoms with Crippen LogP contribution in [0.3, 0.4) is 0 Å². The summed E-state index contributed by atoms with van der Waals surface area (Å²) in [5.41, 5.74) is 13.4. The summed E-state index contributed by atoms with van der Waals surface area (Å²) in [5, 5.41) is 2.78. The van der Waals surface area contributed by atoms with Crippen LogP contribution in [0, 0.1) is 12.7 Å². The van der Waals surface area contributed by atoms with Gasteiger partial charge in [-0.05, 0) is 49.9 Å². The molecular weight excluding hydrogens is 423 g/mol. The van der Waals surface area contributed by atoms with Crippen LogP contribution in [0.4, 0.5) is 21.7 Å². The van der Waals surface area contributed by atoms with Gasteiger partial charge in [0.1, 0.15) is 11.4 Å². The molecule has 4 rings (SSSR count). The molecule has 3 aromatic heterocycles. The van der Waals surface area contributed by atoms with Crippen LogP contribution in [0.5, 0.6) is 0 Å². The Morgan fingerprint density at radius 3 is 2.70 bits per heavy atom. The Labute approximate surface area is 191 Å². The maximum absolute atomic E-state index is 14.5. The van der Waals surface area contributed by atoms with Gasteiger partial charge in [0, 0.05) is 31.0 Å². The van der Waals surface area contributed by atoms with Crippen LogP contribution in [0.2, 0.25) is 0 Å². The molecule has 0 bridgehead atoms. The fraction of sp³-hybridized carbons (Fsp3) is 0.348. The Balaban J connectivity index is 1.59. The first-order valence-corrected chi connectivity index (χ1v) is 10.9. The summed E-state index contributed by atoms with van der Waals surface area (Å²) in [6.07, 6.45) is 6.98. The molecule has 0 aromatic carbocycles. The van der Waals surface area contributed by atoms with Crippen LogP contribution in [0.25, 0.3) is 11.4 Å². The second-order valence-electron chi connectivity index (χ2n) is 8.31. The molecule has 1 fully saturated rings. The smallest absolute Gasteiger partial charge is 0.279 e. The van der Waals surface area contributed by atoms with Crippen molar-refractivity contribution in [1.29, 1.82) is 0 Å². The fourth-order valence-electron chi connectivity index (χ4n) is 3.86. The zero-order valence-electron chi connectivity index (χ0n) is 18.7. The number of nitrogens with two attached hydrogens (primary N) is 2. The summed E-state index contributed by atoms with van der Waals surface area (Å²) in [7, 11) is 0. The normalized spacial score (nSPS) is 15.3. The Morgan fingerprint density at radius 2 is 1.97 bits per heavy atom. The summed E-state index contributed by atoms with van der Waals surface area (Å²) in [5.74, 6) is -0.803. The van der Waals surface area contributed by atoms with Crippen molar-refractivity contribution < 1.29 is 9.18 Å². The van der Waals surface area contributed by atoms with Crippen molar-refractivity contribution in [2.24, 2.45) is 5.73 Å². The molecule has 0 radical (unpaired) electrons. The SMILES string of the molecule is CCC1(N)CCN(c2cccnc2NC(=O)c2nc(-c3nccc(C)c3F)cnc2N)CC1. The summed E-state index contributed by atoms with van der Waals surface area (Å²) in [6.45, 7) is 5.24. The molecule has 4 heterocycles. The fourth-order valence-corrected chi connectivity index (χ4v) is 3.86. The van der Waals surface area contributed by atoms with Gasteiger partial charge in [0.25, 0.3) is 5.91 Å². The Bertz CT molecular complexity index is 1180. The number of anilines is 3. The molecule has 0 unspecified atom stereocenters. The first kappa shape index (κ1) is 22.5. The van der Waals surface area contributed by atoms with Crippen LogP contribution in [-0.4, -0.2) is 44.5 Å². The molecule has 1 aliphatic heterocycles. The summed E-state index contributed by atoms with van der Waals surface area (Å²) in [6, 6.07) is 5.27. The van der Waals surface area contributed by atoms with E-state index in [1.54, 1.807) is 19.2 Å². The number of aromatic nitrogens is 4. The monoisotopic (exact) mass is 450 g/mol. The van der Waals surface area contributed by atoms with E-state index < -0.39 is 11.7 Å². The van der Waals surface area contributed by atoms with Gasteiger partial charge in [-0.1, -0.05) is 6.92 Å². The molecule has 9 nitrogen and oxygen atoms in total. The van der Waals surface area contributed by atoms with Crippen molar-refractivity contribution in [2.75, 3.05) is 29.0 Å². The van der Waals surface area contributed by atoms with E-state index in [1.807, 2.05) is 12.1 Å². The van der Waals surface area contributed by atoms with Crippen LogP contribution in [0.15, 0.2) is 36.8 Å². The number of carbonyl (C=O) groups is 1. The molecule has 0 atom stereocenters. The van der Waals surface area contributed by atoms with E-state index in [9.17, 15) is 9.18 Å². The van der Waals surface area contributed by atoms with E-state index in [-0.39, 0.29) is 28.4 Å². The highest BCUT2D eigenvalue weighted by Crippen LogP contribution is 2.31. The Morgan fingerprint density at radius 1 is 1.21 bits per heavy atom. The average molecular weight is 451 g/mol. The number of halogens is 1. The van der Waals surface area contributed by atoms with Gasteiger partial charge in [0.15, 0.2) is 23.1 Å². The molecule has 5 N–H and O–H groups in total. The van der Waals surface area contributed by atoms with E-state index in [0.29, 0.717) is 11.4 Å². The van der Waals surface area contributed by atoms with Gasteiger partial charge >= 0.3 is 0 Å². The van der Waals surface area contributed by atoms with Gasteiger partial charge in [-0.25, -0.2) is 19.3 Å². The summed E-state index contributed by atoms with van der Waals surface area (Å²) in [4.78, 5) is 31.9. The lowest BCUT2D eigenvalue weighted by Gasteiger charge is -2.40. The Hall–Kier alpha value is -3.66. The molecule has 0 aliphatic carbocycles. The second kappa shape index (κ2) is 9.07. The van der Waals surface area contributed by atoms with Gasteiger partial charge in [-0.3, -0.25) is 9.78 Å². The molecule has 172 valence electrons. The number of pyridine rings is 2. The predicted octanol–water partition coefficient (Wildman–Crippen LogP) is 2.92. The largest absolute Gasteiger partial charge is 0.382 e. The van der Waals surface area contributed by atoms with Crippen LogP contribution >= 0.6 is 0 Å². The predicted molar refractivity (Wildman–Crippen MR) is 125 cm³/mol. The lowest BCUT2D eigenvalue weighted by Crippen LogP contribution is -2.50. The van der Waals surface area contributed by atoms with Gasteiger partial charge < -0.3 is 21.7 Å². The van der Waals surface area contributed by atoms with Crippen LogP contribution < -0.4 is 21.7 Å². The zero-order valence-corrected chi connectivity index (χ0v) is 18.7. The number of aryl methyl sites for hydroxylation is 1. The summed E-state index contributed by atoms with van der Waals surface area (Å²) < 4.78 is 14.5. The van der Waals surface area contributed by atoms with Gasteiger partial charge in [-0.15, -0.1) is 0 Å². The molecule has 0 saturated carbocycles. The minimum Gasteiger partial charge on any atom is -0.382 e.